The third kappa shape index (κ3) is 9.42. The molecule has 15 heteroatoms. The van der Waals surface area contributed by atoms with Gasteiger partial charge < -0.3 is 30.1 Å². The number of pyridine rings is 2. The summed E-state index contributed by atoms with van der Waals surface area (Å²) in [5, 5.41) is 16.9. The molecule has 2 fully saturated rings. The summed E-state index contributed by atoms with van der Waals surface area (Å²) >= 11 is 14.4. The lowest BCUT2D eigenvalue weighted by Crippen LogP contribution is -2.44. The largest absolute Gasteiger partial charge is 0.481 e. The maximum atomic E-state index is 13.3. The summed E-state index contributed by atoms with van der Waals surface area (Å²) in [7, 11) is 1.52. The van der Waals surface area contributed by atoms with Crippen LogP contribution in [-0.4, -0.2) is 86.8 Å². The SMILES string of the molecule is COc1nc(-c2cccc(-c3cccc(-c4ccc5c(n4)CCCC5N(C[C@@H]4CCC(=O)N4)C(=O)O)c3Cl)c2Cl)ccc1CN(C[C@@H]1CCC(=O)N1)C(=O)OC(C)(C)C. The van der Waals surface area contributed by atoms with Crippen molar-refractivity contribution < 1.29 is 33.8 Å². The summed E-state index contributed by atoms with van der Waals surface area (Å²) in [6.45, 7) is 6.05. The molecule has 0 spiro atoms. The Morgan fingerprint density at radius 1 is 0.797 bits per heavy atom. The molecule has 1 aliphatic carbocycles. The first kappa shape index (κ1) is 41.7. The number of aryl methyl sites for hydroxylation is 1. The lowest BCUT2D eigenvalue weighted by molar-refractivity contribution is -0.120. The van der Waals surface area contributed by atoms with Crippen LogP contribution in [0, 0.1) is 0 Å². The predicted molar refractivity (Wildman–Crippen MR) is 224 cm³/mol. The van der Waals surface area contributed by atoms with Gasteiger partial charge in [0.05, 0.1) is 41.1 Å². The van der Waals surface area contributed by atoms with E-state index in [4.69, 9.17) is 42.6 Å². The van der Waals surface area contributed by atoms with Gasteiger partial charge in [0.25, 0.3) is 0 Å². The van der Waals surface area contributed by atoms with Gasteiger partial charge in [0.15, 0.2) is 0 Å². The van der Waals surface area contributed by atoms with Crippen molar-refractivity contribution in [3.05, 3.63) is 87.5 Å². The zero-order valence-electron chi connectivity index (χ0n) is 33.5. The molecule has 1 unspecified atom stereocenters. The van der Waals surface area contributed by atoms with Crippen LogP contribution in [0.15, 0.2) is 60.7 Å². The molecule has 4 amide bonds. The van der Waals surface area contributed by atoms with Crippen LogP contribution >= 0.6 is 23.2 Å². The maximum Gasteiger partial charge on any atom is 0.410 e. The molecular formula is C44H48Cl2N6O7. The van der Waals surface area contributed by atoms with Crippen LogP contribution in [0.4, 0.5) is 9.59 Å². The molecule has 4 aromatic rings. The van der Waals surface area contributed by atoms with Crippen molar-refractivity contribution in [1.29, 1.82) is 0 Å². The molecule has 7 rings (SSSR count). The van der Waals surface area contributed by atoms with Crippen molar-refractivity contribution in [3.8, 4) is 39.5 Å². The van der Waals surface area contributed by atoms with Gasteiger partial charge >= 0.3 is 12.2 Å². The second-order valence-electron chi connectivity index (χ2n) is 16.2. The van der Waals surface area contributed by atoms with Crippen LogP contribution in [0.1, 0.15) is 82.2 Å². The second kappa shape index (κ2) is 17.4. The molecule has 3 N–H and O–H groups in total. The third-order valence-corrected chi connectivity index (χ3v) is 11.7. The Hall–Kier alpha value is -5.40. The Bertz CT molecular complexity index is 2280. The molecular weight excluding hydrogens is 795 g/mol. The van der Waals surface area contributed by atoms with Gasteiger partial charge in [-0.2, -0.15) is 0 Å². The molecule has 0 radical (unpaired) electrons. The van der Waals surface area contributed by atoms with E-state index in [1.807, 2.05) is 60.7 Å². The summed E-state index contributed by atoms with van der Waals surface area (Å²) in [4.78, 5) is 62.4. The molecule has 3 atom stereocenters. The number of halogens is 2. The highest BCUT2D eigenvalue weighted by Crippen LogP contribution is 2.43. The molecule has 0 bridgehead atoms. The number of fused-ring (bicyclic) bond motifs is 1. The van der Waals surface area contributed by atoms with Gasteiger partial charge in [-0.3, -0.25) is 19.5 Å². The van der Waals surface area contributed by atoms with Gasteiger partial charge in [0, 0.05) is 71.5 Å². The molecule has 2 aliphatic heterocycles. The molecule has 2 aromatic carbocycles. The summed E-state index contributed by atoms with van der Waals surface area (Å²) in [5.74, 6) is 0.215. The number of hydrogen-bond donors (Lipinski definition) is 3. The zero-order chi connectivity index (χ0) is 42.0. The number of carbonyl (C=O) groups excluding carboxylic acids is 3. The van der Waals surface area contributed by atoms with E-state index in [0.29, 0.717) is 93.7 Å². The lowest BCUT2D eigenvalue weighted by Gasteiger charge is -2.35. The quantitative estimate of drug-likeness (QED) is 0.135. The average molecular weight is 844 g/mol. The number of nitrogens with zero attached hydrogens (tertiary/aromatic N) is 4. The first-order valence-corrected chi connectivity index (χ1v) is 20.6. The molecule has 59 heavy (non-hydrogen) atoms. The Morgan fingerprint density at radius 3 is 1.93 bits per heavy atom. The monoisotopic (exact) mass is 842 g/mol. The van der Waals surface area contributed by atoms with E-state index >= 15 is 0 Å². The predicted octanol–water partition coefficient (Wildman–Crippen LogP) is 8.44. The van der Waals surface area contributed by atoms with Gasteiger partial charge in [-0.15, -0.1) is 0 Å². The molecule has 4 heterocycles. The Labute approximate surface area is 353 Å². The smallest absolute Gasteiger partial charge is 0.410 e. The molecule has 2 aromatic heterocycles. The molecule has 0 saturated carbocycles. The number of ether oxygens (including phenoxy) is 2. The highest BCUT2D eigenvalue weighted by Gasteiger charge is 2.34. The van der Waals surface area contributed by atoms with Gasteiger partial charge in [0.1, 0.15) is 5.60 Å². The first-order valence-electron chi connectivity index (χ1n) is 19.9. The van der Waals surface area contributed by atoms with Crippen molar-refractivity contribution in [1.82, 2.24) is 30.4 Å². The van der Waals surface area contributed by atoms with Gasteiger partial charge in [0.2, 0.25) is 17.7 Å². The topological polar surface area (TPSA) is 163 Å². The minimum Gasteiger partial charge on any atom is -0.481 e. The van der Waals surface area contributed by atoms with E-state index in [9.17, 15) is 24.3 Å². The summed E-state index contributed by atoms with van der Waals surface area (Å²) in [6.07, 6.45) is 2.65. The van der Waals surface area contributed by atoms with E-state index in [1.54, 1.807) is 25.7 Å². The zero-order valence-corrected chi connectivity index (χ0v) is 35.0. The fraction of sp³-hybridized carbons (Fsp3) is 0.409. The van der Waals surface area contributed by atoms with Crippen molar-refractivity contribution in [2.75, 3.05) is 20.2 Å². The van der Waals surface area contributed by atoms with E-state index in [1.165, 1.54) is 12.0 Å². The fourth-order valence-corrected chi connectivity index (χ4v) is 8.76. The molecule has 2 saturated heterocycles. The number of benzene rings is 2. The van der Waals surface area contributed by atoms with Gasteiger partial charge in [-0.1, -0.05) is 65.7 Å². The molecule has 13 nitrogen and oxygen atoms in total. The van der Waals surface area contributed by atoms with E-state index < -0.39 is 17.8 Å². The third-order valence-electron chi connectivity index (χ3n) is 10.9. The number of nitrogens with one attached hydrogen (secondary N) is 2. The van der Waals surface area contributed by atoms with Crippen molar-refractivity contribution in [2.45, 2.75) is 96.0 Å². The van der Waals surface area contributed by atoms with Crippen LogP contribution in [-0.2, 0) is 27.3 Å². The van der Waals surface area contributed by atoms with Crippen LogP contribution in [0.5, 0.6) is 5.88 Å². The van der Waals surface area contributed by atoms with Crippen LogP contribution < -0.4 is 15.4 Å². The Balaban J connectivity index is 1.15. The van der Waals surface area contributed by atoms with E-state index in [2.05, 4.69) is 10.6 Å². The minimum atomic E-state index is -1.02. The number of hydrogen-bond acceptors (Lipinski definition) is 8. The van der Waals surface area contributed by atoms with Crippen LogP contribution in [0.3, 0.4) is 0 Å². The number of carboxylic acid groups (broad SMARTS) is 1. The van der Waals surface area contributed by atoms with Crippen molar-refractivity contribution in [2.24, 2.45) is 0 Å². The second-order valence-corrected chi connectivity index (χ2v) is 17.0. The Morgan fingerprint density at radius 2 is 1.37 bits per heavy atom. The summed E-state index contributed by atoms with van der Waals surface area (Å²) in [5.41, 5.74) is 5.56. The number of rotatable bonds is 11. The Kier molecular flexibility index (Phi) is 12.3. The summed E-state index contributed by atoms with van der Waals surface area (Å²) < 4.78 is 11.5. The number of carbonyl (C=O) groups is 4. The highest BCUT2D eigenvalue weighted by atomic mass is 35.5. The van der Waals surface area contributed by atoms with Crippen LogP contribution in [0.2, 0.25) is 10.0 Å². The molecule has 310 valence electrons. The first-order chi connectivity index (χ1) is 28.2. The number of aromatic nitrogens is 2. The van der Waals surface area contributed by atoms with Gasteiger partial charge in [-0.05, 0) is 76.6 Å². The number of amides is 4. The standard InChI is InChI=1S/C44H48Cl2N6O7/c1-44(2,3)59-43(57)51(23-26-15-20-37(53)47-26)22-25-14-18-35(50-41(25)58-4)32-11-6-9-29(40(32)46)28-8-5-10-31(39(28)45)34-19-17-30-33(49-34)12-7-13-36(30)52(42(55)56)24-27-16-21-38(54)48-27/h5-6,8-11,14,17-19,26-27,36H,7,12-13,15-16,20-24H2,1-4H3,(H,47,53)(H,48,54)(H,55,56)/t26-,27-,36?/m0/s1. The normalized spacial score (nSPS) is 18.8. The van der Waals surface area contributed by atoms with Crippen molar-refractivity contribution in [3.63, 3.8) is 0 Å². The minimum absolute atomic E-state index is 0.0427. The van der Waals surface area contributed by atoms with Crippen molar-refractivity contribution >= 4 is 47.2 Å². The lowest BCUT2D eigenvalue weighted by atomic mass is 9.89. The highest BCUT2D eigenvalue weighted by molar-refractivity contribution is 6.39. The molecule has 3 aliphatic rings. The van der Waals surface area contributed by atoms with Crippen LogP contribution in [0.25, 0.3) is 33.6 Å². The van der Waals surface area contributed by atoms with Gasteiger partial charge in [-0.25, -0.2) is 14.6 Å². The van der Waals surface area contributed by atoms with E-state index in [-0.39, 0.29) is 49.6 Å². The number of methoxy groups -OCH3 is 1. The summed E-state index contributed by atoms with van der Waals surface area (Å²) in [6, 6.07) is 18.1. The fourth-order valence-electron chi connectivity index (χ4n) is 8.11. The van der Waals surface area contributed by atoms with E-state index in [0.717, 1.165) is 17.7 Å². The average Bonchev–Trinajstić information content (AvgIpc) is 3.82. The maximum absolute atomic E-state index is 13.3.